The van der Waals surface area contributed by atoms with Gasteiger partial charge in [-0.3, -0.25) is 4.98 Å². The second-order valence-electron chi connectivity index (χ2n) is 5.13. The van der Waals surface area contributed by atoms with Gasteiger partial charge >= 0.3 is 0 Å². The number of nitrogens with zero attached hydrogens (tertiary/aromatic N) is 1. The van der Waals surface area contributed by atoms with E-state index in [0.717, 1.165) is 24.2 Å². The first-order valence-corrected chi connectivity index (χ1v) is 5.27. The number of nitrogen functional groups attached to an aromatic ring is 1. The number of fused-ring (bicyclic) bond motifs is 1. The zero-order valence-electron chi connectivity index (χ0n) is 9.22. The minimum atomic E-state index is 0.103. The molecule has 0 amide bonds. The summed E-state index contributed by atoms with van der Waals surface area (Å²) in [5, 5.41) is 0. The van der Waals surface area contributed by atoms with E-state index in [9.17, 15) is 0 Å². The quantitative estimate of drug-likeness (QED) is 0.682. The summed E-state index contributed by atoms with van der Waals surface area (Å²) >= 11 is 0. The van der Waals surface area contributed by atoms with E-state index in [2.05, 4.69) is 20.8 Å². The summed E-state index contributed by atoms with van der Waals surface area (Å²) in [5.74, 6) is 0. The van der Waals surface area contributed by atoms with Gasteiger partial charge in [0.25, 0.3) is 0 Å². The smallest absolute Gasteiger partial charge is 0.0481 e. The summed E-state index contributed by atoms with van der Waals surface area (Å²) in [5.41, 5.74) is 10.7. The average Bonchev–Trinajstić information content (AvgIpc) is 2.50. The predicted octanol–water partition coefficient (Wildman–Crippen LogP) is 2.45. The van der Waals surface area contributed by atoms with Crippen molar-refractivity contribution >= 4 is 5.69 Å². The van der Waals surface area contributed by atoms with Crippen molar-refractivity contribution in [1.29, 1.82) is 0 Å². The van der Waals surface area contributed by atoms with Gasteiger partial charge in [-0.2, -0.15) is 0 Å². The topological polar surface area (TPSA) is 38.9 Å². The number of anilines is 1. The summed E-state index contributed by atoms with van der Waals surface area (Å²) < 4.78 is 0. The lowest BCUT2D eigenvalue weighted by Gasteiger charge is -2.19. The molecule has 1 aromatic rings. The van der Waals surface area contributed by atoms with E-state index < -0.39 is 0 Å². The first kappa shape index (κ1) is 9.50. The number of pyridine rings is 1. The molecule has 0 aliphatic heterocycles. The molecule has 0 spiro atoms. The molecule has 14 heavy (non-hydrogen) atoms. The van der Waals surface area contributed by atoms with Crippen molar-refractivity contribution < 1.29 is 0 Å². The molecular formula is C12H18N2. The summed E-state index contributed by atoms with van der Waals surface area (Å²) in [4.78, 5) is 4.71. The monoisotopic (exact) mass is 190 g/mol. The van der Waals surface area contributed by atoms with Crippen LogP contribution in [-0.2, 0) is 18.3 Å². The number of hydrogen-bond donors (Lipinski definition) is 1. The largest absolute Gasteiger partial charge is 0.398 e. The van der Waals surface area contributed by atoms with Gasteiger partial charge in [-0.05, 0) is 30.9 Å². The SMILES string of the molecule is CC(C)(C)c1cc(N)c2c(n1)CCC2. The zero-order valence-corrected chi connectivity index (χ0v) is 9.22. The van der Waals surface area contributed by atoms with Crippen LogP contribution in [-0.4, -0.2) is 4.98 Å². The van der Waals surface area contributed by atoms with Gasteiger partial charge < -0.3 is 5.73 Å². The Balaban J connectivity index is 2.52. The third-order valence-electron chi connectivity index (χ3n) is 2.85. The molecule has 76 valence electrons. The normalized spacial score (nSPS) is 15.6. The van der Waals surface area contributed by atoms with Crippen molar-refractivity contribution in [3.05, 3.63) is 23.0 Å². The number of aryl methyl sites for hydroxylation is 1. The zero-order chi connectivity index (χ0) is 10.3. The van der Waals surface area contributed by atoms with Gasteiger partial charge in [0.05, 0.1) is 0 Å². The molecule has 1 aliphatic rings. The third kappa shape index (κ3) is 1.49. The van der Waals surface area contributed by atoms with Crippen LogP contribution in [0.5, 0.6) is 0 Å². The van der Waals surface area contributed by atoms with E-state index in [0.29, 0.717) is 0 Å². The molecule has 2 N–H and O–H groups in total. The van der Waals surface area contributed by atoms with Crippen molar-refractivity contribution in [2.45, 2.75) is 45.4 Å². The van der Waals surface area contributed by atoms with E-state index in [1.165, 1.54) is 17.7 Å². The summed E-state index contributed by atoms with van der Waals surface area (Å²) in [6.45, 7) is 6.53. The molecule has 1 heterocycles. The molecule has 0 bridgehead atoms. The first-order valence-electron chi connectivity index (χ1n) is 5.27. The molecule has 0 saturated heterocycles. The van der Waals surface area contributed by atoms with Crippen molar-refractivity contribution in [1.82, 2.24) is 4.98 Å². The molecule has 2 heteroatoms. The van der Waals surface area contributed by atoms with Gasteiger partial charge in [0.15, 0.2) is 0 Å². The molecule has 0 atom stereocenters. The summed E-state index contributed by atoms with van der Waals surface area (Å²) in [6, 6.07) is 2.05. The fourth-order valence-electron chi connectivity index (χ4n) is 1.96. The highest BCUT2D eigenvalue weighted by Gasteiger charge is 2.21. The Bertz CT molecular complexity index is 361. The van der Waals surface area contributed by atoms with Gasteiger partial charge in [0, 0.05) is 22.5 Å². The maximum Gasteiger partial charge on any atom is 0.0481 e. The average molecular weight is 190 g/mol. The Morgan fingerprint density at radius 3 is 2.64 bits per heavy atom. The minimum Gasteiger partial charge on any atom is -0.398 e. The van der Waals surface area contributed by atoms with Crippen molar-refractivity contribution in [2.75, 3.05) is 5.73 Å². The lowest BCUT2D eigenvalue weighted by Crippen LogP contribution is -2.15. The fourth-order valence-corrected chi connectivity index (χ4v) is 1.96. The van der Waals surface area contributed by atoms with Gasteiger partial charge in [-0.25, -0.2) is 0 Å². The fraction of sp³-hybridized carbons (Fsp3) is 0.583. The highest BCUT2D eigenvalue weighted by atomic mass is 14.8. The van der Waals surface area contributed by atoms with Crippen molar-refractivity contribution in [3.8, 4) is 0 Å². The minimum absolute atomic E-state index is 0.103. The third-order valence-corrected chi connectivity index (χ3v) is 2.85. The van der Waals surface area contributed by atoms with Crippen LogP contribution in [0.4, 0.5) is 5.69 Å². The lowest BCUT2D eigenvalue weighted by molar-refractivity contribution is 0.566. The van der Waals surface area contributed by atoms with E-state index in [-0.39, 0.29) is 5.41 Å². The van der Waals surface area contributed by atoms with Crippen LogP contribution >= 0.6 is 0 Å². The Hall–Kier alpha value is -1.05. The van der Waals surface area contributed by atoms with Crippen molar-refractivity contribution in [2.24, 2.45) is 0 Å². The molecule has 0 aromatic carbocycles. The van der Waals surface area contributed by atoms with Gasteiger partial charge in [0.2, 0.25) is 0 Å². The summed E-state index contributed by atoms with van der Waals surface area (Å²) in [7, 11) is 0. The second-order valence-corrected chi connectivity index (χ2v) is 5.13. The van der Waals surface area contributed by atoms with Crippen LogP contribution in [0.15, 0.2) is 6.07 Å². The predicted molar refractivity (Wildman–Crippen MR) is 59.4 cm³/mol. The maximum absolute atomic E-state index is 6.03. The van der Waals surface area contributed by atoms with Crippen LogP contribution in [0.25, 0.3) is 0 Å². The highest BCUT2D eigenvalue weighted by molar-refractivity contribution is 5.52. The Labute approximate surface area is 85.5 Å². The Morgan fingerprint density at radius 1 is 1.29 bits per heavy atom. The van der Waals surface area contributed by atoms with E-state index in [4.69, 9.17) is 10.7 Å². The number of aromatic nitrogens is 1. The van der Waals surface area contributed by atoms with E-state index in [1.807, 2.05) is 6.07 Å². The van der Waals surface area contributed by atoms with E-state index in [1.54, 1.807) is 0 Å². The lowest BCUT2D eigenvalue weighted by atomic mass is 9.90. The molecule has 0 radical (unpaired) electrons. The molecule has 1 aromatic heterocycles. The molecule has 0 unspecified atom stereocenters. The van der Waals surface area contributed by atoms with Gasteiger partial charge in [0.1, 0.15) is 0 Å². The van der Waals surface area contributed by atoms with Crippen LogP contribution in [0.2, 0.25) is 0 Å². The van der Waals surface area contributed by atoms with Crippen molar-refractivity contribution in [3.63, 3.8) is 0 Å². The molecule has 0 fully saturated rings. The molecular weight excluding hydrogens is 172 g/mol. The molecule has 2 rings (SSSR count). The molecule has 0 saturated carbocycles. The van der Waals surface area contributed by atoms with Crippen LogP contribution in [0.3, 0.4) is 0 Å². The van der Waals surface area contributed by atoms with Crippen LogP contribution < -0.4 is 5.73 Å². The second kappa shape index (κ2) is 2.97. The summed E-state index contributed by atoms with van der Waals surface area (Å²) in [6.07, 6.45) is 3.42. The highest BCUT2D eigenvalue weighted by Crippen LogP contribution is 2.30. The van der Waals surface area contributed by atoms with E-state index >= 15 is 0 Å². The van der Waals surface area contributed by atoms with Crippen LogP contribution in [0.1, 0.15) is 44.1 Å². The van der Waals surface area contributed by atoms with Gasteiger partial charge in [-0.1, -0.05) is 20.8 Å². The number of rotatable bonds is 0. The Morgan fingerprint density at radius 2 is 2.00 bits per heavy atom. The molecule has 1 aliphatic carbocycles. The standard InChI is InChI=1S/C12H18N2/c1-12(2,3)11-7-9(13)8-5-4-6-10(8)14-11/h7H,4-6H2,1-3H3,(H2,13,14). The Kier molecular flexibility index (Phi) is 2.02. The van der Waals surface area contributed by atoms with Crippen LogP contribution in [0, 0.1) is 0 Å². The number of hydrogen-bond acceptors (Lipinski definition) is 2. The first-order chi connectivity index (χ1) is 6.48. The van der Waals surface area contributed by atoms with Gasteiger partial charge in [-0.15, -0.1) is 0 Å². The maximum atomic E-state index is 6.03. The molecule has 2 nitrogen and oxygen atoms in total. The number of nitrogens with two attached hydrogens (primary N) is 1.